The van der Waals surface area contributed by atoms with Crippen molar-refractivity contribution in [1.82, 2.24) is 4.72 Å². The second kappa shape index (κ2) is 5.29. The molecule has 1 aliphatic rings. The largest absolute Gasteiger partial charge is 0.381 e. The maximum absolute atomic E-state index is 12.3. The normalized spacial score (nSPS) is 18.7. The summed E-state index contributed by atoms with van der Waals surface area (Å²) in [7, 11) is -3.61. The minimum absolute atomic E-state index is 0.124. The molecule has 6 heteroatoms. The SMILES string of the molecule is CC1(NS(=O)(=O)c2cccc(C#N)c2)CCOCC1. The van der Waals surface area contributed by atoms with E-state index in [1.807, 2.05) is 13.0 Å². The molecule has 5 nitrogen and oxygen atoms in total. The molecule has 0 unspecified atom stereocenters. The first-order chi connectivity index (χ1) is 8.95. The Balaban J connectivity index is 2.25. The van der Waals surface area contributed by atoms with Gasteiger partial charge in [0.1, 0.15) is 0 Å². The highest BCUT2D eigenvalue weighted by Crippen LogP contribution is 2.23. The quantitative estimate of drug-likeness (QED) is 0.907. The van der Waals surface area contributed by atoms with E-state index < -0.39 is 15.6 Å². The zero-order valence-electron chi connectivity index (χ0n) is 10.7. The molecule has 1 aromatic carbocycles. The molecule has 0 spiro atoms. The summed E-state index contributed by atoms with van der Waals surface area (Å²) in [6, 6.07) is 7.96. The molecule has 1 aliphatic heterocycles. The Labute approximate surface area is 113 Å². The Morgan fingerprint density at radius 2 is 2.05 bits per heavy atom. The maximum atomic E-state index is 12.3. The Hall–Kier alpha value is -1.42. The van der Waals surface area contributed by atoms with Crippen molar-refractivity contribution in [3.8, 4) is 6.07 Å². The minimum atomic E-state index is -3.61. The highest BCUT2D eigenvalue weighted by atomic mass is 32.2. The van der Waals surface area contributed by atoms with Crippen LogP contribution in [0.3, 0.4) is 0 Å². The van der Waals surface area contributed by atoms with Gasteiger partial charge in [0.15, 0.2) is 0 Å². The van der Waals surface area contributed by atoms with E-state index in [-0.39, 0.29) is 4.90 Å². The molecule has 19 heavy (non-hydrogen) atoms. The van der Waals surface area contributed by atoms with Crippen LogP contribution in [0.5, 0.6) is 0 Å². The van der Waals surface area contributed by atoms with E-state index in [9.17, 15) is 8.42 Å². The van der Waals surface area contributed by atoms with E-state index in [1.165, 1.54) is 12.1 Å². The zero-order chi connectivity index (χ0) is 13.9. The fourth-order valence-corrected chi connectivity index (χ4v) is 3.55. The first-order valence-electron chi connectivity index (χ1n) is 6.07. The van der Waals surface area contributed by atoms with Crippen LogP contribution < -0.4 is 4.72 Å². The predicted molar refractivity (Wildman–Crippen MR) is 69.9 cm³/mol. The van der Waals surface area contributed by atoms with Crippen LogP contribution in [0.15, 0.2) is 29.2 Å². The van der Waals surface area contributed by atoms with Crippen molar-refractivity contribution in [1.29, 1.82) is 5.26 Å². The molecule has 1 N–H and O–H groups in total. The lowest BCUT2D eigenvalue weighted by atomic mass is 9.94. The molecule has 1 fully saturated rings. The molecule has 0 aliphatic carbocycles. The zero-order valence-corrected chi connectivity index (χ0v) is 11.5. The van der Waals surface area contributed by atoms with Gasteiger partial charge in [0.2, 0.25) is 10.0 Å². The summed E-state index contributed by atoms with van der Waals surface area (Å²) in [5.41, 5.74) is -0.153. The number of nitrogens with zero attached hydrogens (tertiary/aromatic N) is 1. The lowest BCUT2D eigenvalue weighted by Gasteiger charge is -2.34. The van der Waals surface area contributed by atoms with Gasteiger partial charge in [-0.25, -0.2) is 13.1 Å². The van der Waals surface area contributed by atoms with Crippen molar-refractivity contribution >= 4 is 10.0 Å². The molecule has 0 radical (unpaired) electrons. The average Bonchev–Trinajstić information content (AvgIpc) is 2.38. The van der Waals surface area contributed by atoms with Gasteiger partial charge in [-0.05, 0) is 38.0 Å². The number of ether oxygens (including phenoxy) is 1. The van der Waals surface area contributed by atoms with Gasteiger partial charge in [0.05, 0.1) is 16.5 Å². The second-order valence-electron chi connectivity index (χ2n) is 4.92. The molecule has 0 bridgehead atoms. The predicted octanol–water partition coefficient (Wildman–Crippen LogP) is 1.41. The van der Waals surface area contributed by atoms with Crippen LogP contribution in [-0.4, -0.2) is 27.2 Å². The molecule has 1 heterocycles. The smallest absolute Gasteiger partial charge is 0.241 e. The lowest BCUT2D eigenvalue weighted by molar-refractivity contribution is 0.0537. The first-order valence-corrected chi connectivity index (χ1v) is 7.55. The molecule has 0 saturated carbocycles. The van der Waals surface area contributed by atoms with Crippen LogP contribution >= 0.6 is 0 Å². The standard InChI is InChI=1S/C13H16N2O3S/c1-13(5-7-18-8-6-13)15-19(16,17)12-4-2-3-11(9-12)10-14/h2-4,9,15H,5-8H2,1H3. The molecular weight excluding hydrogens is 264 g/mol. The van der Waals surface area contributed by atoms with E-state index in [4.69, 9.17) is 10.00 Å². The number of hydrogen-bond acceptors (Lipinski definition) is 4. The third-order valence-corrected chi connectivity index (χ3v) is 4.89. The van der Waals surface area contributed by atoms with E-state index >= 15 is 0 Å². The monoisotopic (exact) mass is 280 g/mol. The summed E-state index contributed by atoms with van der Waals surface area (Å²) >= 11 is 0. The van der Waals surface area contributed by atoms with Crippen LogP contribution in [-0.2, 0) is 14.8 Å². The Morgan fingerprint density at radius 3 is 2.68 bits per heavy atom. The molecule has 1 aromatic rings. The van der Waals surface area contributed by atoms with Gasteiger partial charge in [-0.1, -0.05) is 6.07 Å². The minimum Gasteiger partial charge on any atom is -0.381 e. The van der Waals surface area contributed by atoms with Crippen molar-refractivity contribution in [2.24, 2.45) is 0 Å². The van der Waals surface area contributed by atoms with Gasteiger partial charge < -0.3 is 4.74 Å². The second-order valence-corrected chi connectivity index (χ2v) is 6.60. The van der Waals surface area contributed by atoms with Crippen LogP contribution in [0, 0.1) is 11.3 Å². The fraction of sp³-hybridized carbons (Fsp3) is 0.462. The highest BCUT2D eigenvalue weighted by Gasteiger charge is 2.32. The van der Waals surface area contributed by atoms with Gasteiger partial charge >= 0.3 is 0 Å². The topological polar surface area (TPSA) is 79.2 Å². The van der Waals surface area contributed by atoms with Gasteiger partial charge in [-0.2, -0.15) is 5.26 Å². The number of hydrogen-bond donors (Lipinski definition) is 1. The molecule has 1 saturated heterocycles. The van der Waals surface area contributed by atoms with E-state index in [0.717, 1.165) is 0 Å². The first kappa shape index (κ1) is 14.0. The van der Waals surface area contributed by atoms with Crippen molar-refractivity contribution in [2.45, 2.75) is 30.2 Å². The van der Waals surface area contributed by atoms with Crippen LogP contribution in [0.4, 0.5) is 0 Å². The van der Waals surface area contributed by atoms with E-state index in [2.05, 4.69) is 4.72 Å². The molecule has 0 amide bonds. The summed E-state index contributed by atoms with van der Waals surface area (Å²) < 4.78 is 32.6. The summed E-state index contributed by atoms with van der Waals surface area (Å²) in [6.45, 7) is 2.98. The summed E-state index contributed by atoms with van der Waals surface area (Å²) in [5.74, 6) is 0. The number of rotatable bonds is 3. The van der Waals surface area contributed by atoms with Crippen LogP contribution in [0.25, 0.3) is 0 Å². The fourth-order valence-electron chi connectivity index (χ4n) is 2.04. The van der Waals surface area contributed by atoms with Crippen LogP contribution in [0.1, 0.15) is 25.3 Å². The number of sulfonamides is 1. The number of nitrogens with one attached hydrogen (secondary N) is 1. The molecule has 0 aromatic heterocycles. The summed E-state index contributed by atoms with van der Waals surface area (Å²) in [5, 5.41) is 8.82. The van der Waals surface area contributed by atoms with E-state index in [0.29, 0.717) is 31.6 Å². The van der Waals surface area contributed by atoms with E-state index in [1.54, 1.807) is 12.1 Å². The molecule has 0 atom stereocenters. The Bertz CT molecular complexity index is 599. The summed E-state index contributed by atoms with van der Waals surface area (Å²) in [6.07, 6.45) is 1.29. The molecule has 102 valence electrons. The van der Waals surface area contributed by atoms with Crippen molar-refractivity contribution < 1.29 is 13.2 Å². The van der Waals surface area contributed by atoms with Crippen molar-refractivity contribution in [3.05, 3.63) is 29.8 Å². The highest BCUT2D eigenvalue weighted by molar-refractivity contribution is 7.89. The third-order valence-electron chi connectivity index (χ3n) is 3.25. The average molecular weight is 280 g/mol. The van der Waals surface area contributed by atoms with Gasteiger partial charge in [0, 0.05) is 18.8 Å². The Morgan fingerprint density at radius 1 is 1.37 bits per heavy atom. The number of nitriles is 1. The van der Waals surface area contributed by atoms with Gasteiger partial charge in [0.25, 0.3) is 0 Å². The van der Waals surface area contributed by atoms with Crippen molar-refractivity contribution in [2.75, 3.05) is 13.2 Å². The van der Waals surface area contributed by atoms with Gasteiger partial charge in [-0.3, -0.25) is 0 Å². The summed E-state index contributed by atoms with van der Waals surface area (Å²) in [4.78, 5) is 0.124. The van der Waals surface area contributed by atoms with Gasteiger partial charge in [-0.15, -0.1) is 0 Å². The van der Waals surface area contributed by atoms with Crippen molar-refractivity contribution in [3.63, 3.8) is 0 Å². The maximum Gasteiger partial charge on any atom is 0.241 e. The molecule has 2 rings (SSSR count). The molecular formula is C13H16N2O3S. The third kappa shape index (κ3) is 3.32. The number of benzene rings is 1. The van der Waals surface area contributed by atoms with Crippen LogP contribution in [0.2, 0.25) is 0 Å². The lowest BCUT2D eigenvalue weighted by Crippen LogP contribution is -2.49. The Kier molecular flexibility index (Phi) is 3.90.